The maximum absolute atomic E-state index is 13.1. The van der Waals surface area contributed by atoms with Gasteiger partial charge in [-0.05, 0) is 60.7 Å². The van der Waals surface area contributed by atoms with Crippen LogP contribution in [0.4, 0.5) is 17.1 Å². The monoisotopic (exact) mass is 574 g/mol. The molecule has 41 heavy (non-hydrogen) atoms. The van der Waals surface area contributed by atoms with Crippen molar-refractivity contribution in [1.29, 1.82) is 0 Å². The van der Waals surface area contributed by atoms with Crippen LogP contribution >= 0.6 is 0 Å². The zero-order valence-corrected chi connectivity index (χ0v) is 22.1. The first-order valence-corrected chi connectivity index (χ1v) is 13.5. The van der Waals surface area contributed by atoms with Crippen LogP contribution in [0.25, 0.3) is 10.9 Å². The number of nitro groups is 1. The number of aromatic amines is 1. The number of hydrogen-bond donors (Lipinski definition) is 4. The highest BCUT2D eigenvalue weighted by molar-refractivity contribution is 7.90. The number of H-pyrrole nitrogens is 1. The molecule has 5 rings (SSSR count). The van der Waals surface area contributed by atoms with Gasteiger partial charge in [-0.25, -0.2) is 13.1 Å². The Morgan fingerprint density at radius 3 is 2.54 bits per heavy atom. The van der Waals surface area contributed by atoms with Crippen molar-refractivity contribution >= 4 is 43.9 Å². The molecule has 13 heteroatoms. The number of fused-ring (bicyclic) bond motifs is 1. The van der Waals surface area contributed by atoms with Gasteiger partial charge in [0.1, 0.15) is 17.2 Å². The van der Waals surface area contributed by atoms with Crippen LogP contribution < -0.4 is 19.5 Å². The number of nitrogens with zero attached hydrogens (tertiary/aromatic N) is 1. The highest BCUT2D eigenvalue weighted by atomic mass is 32.2. The number of para-hydroxylation sites is 1. The van der Waals surface area contributed by atoms with Gasteiger partial charge in [0.2, 0.25) is 0 Å². The zero-order valence-electron chi connectivity index (χ0n) is 21.3. The van der Waals surface area contributed by atoms with E-state index in [1.54, 1.807) is 36.5 Å². The minimum absolute atomic E-state index is 0.0389. The van der Waals surface area contributed by atoms with Gasteiger partial charge >= 0.3 is 0 Å². The molecule has 0 spiro atoms. The van der Waals surface area contributed by atoms with Crippen LogP contribution in [0.15, 0.2) is 96.0 Å². The molecule has 0 saturated heterocycles. The highest BCUT2D eigenvalue weighted by Gasteiger charge is 2.25. The summed E-state index contributed by atoms with van der Waals surface area (Å²) in [6.45, 7) is 0. The molecule has 0 atom stereocenters. The number of sulfonamides is 1. The Labute approximate surface area is 233 Å². The standard InChI is InChI=1S/C28H22N4O8S/c1-39-27-11-6-18(15-25(27)33)30-23-10-8-20(16-24(23)32(35)36)41(37,38)31-28(34)21-4-2-3-5-26(21)40-19-7-9-22-17(14-19)12-13-29-22/h2-16,29-30,33H,1H3,(H,31,34). The lowest BCUT2D eigenvalue weighted by Crippen LogP contribution is -2.30. The Balaban J connectivity index is 1.38. The number of carbonyl (C=O) groups excluding carboxylic acids is 1. The van der Waals surface area contributed by atoms with Gasteiger partial charge in [0, 0.05) is 34.9 Å². The molecule has 0 unspecified atom stereocenters. The summed E-state index contributed by atoms with van der Waals surface area (Å²) in [6.07, 6.45) is 1.78. The quantitative estimate of drug-likeness (QED) is 0.132. The molecular weight excluding hydrogens is 552 g/mol. The van der Waals surface area contributed by atoms with Crippen molar-refractivity contribution in [1.82, 2.24) is 9.71 Å². The van der Waals surface area contributed by atoms with E-state index < -0.39 is 31.4 Å². The van der Waals surface area contributed by atoms with Crippen molar-refractivity contribution in [3.63, 3.8) is 0 Å². The number of aromatic nitrogens is 1. The van der Waals surface area contributed by atoms with Gasteiger partial charge in [-0.15, -0.1) is 0 Å². The van der Waals surface area contributed by atoms with Crippen molar-refractivity contribution < 1.29 is 32.7 Å². The number of rotatable bonds is 9. The second-order valence-corrected chi connectivity index (χ2v) is 10.4. The molecule has 5 aromatic rings. The molecule has 0 bridgehead atoms. The van der Waals surface area contributed by atoms with E-state index in [4.69, 9.17) is 9.47 Å². The van der Waals surface area contributed by atoms with Gasteiger partial charge in [-0.1, -0.05) is 12.1 Å². The predicted octanol–water partition coefficient (Wildman–Crippen LogP) is 5.44. The number of aromatic hydroxyl groups is 1. The Morgan fingerprint density at radius 2 is 1.78 bits per heavy atom. The number of benzene rings is 4. The Hall–Kier alpha value is -5.56. The third-order valence-electron chi connectivity index (χ3n) is 6.05. The van der Waals surface area contributed by atoms with Crippen LogP contribution in [0.3, 0.4) is 0 Å². The molecule has 4 aromatic carbocycles. The molecular formula is C28H22N4O8S. The van der Waals surface area contributed by atoms with E-state index in [9.17, 15) is 28.4 Å². The summed E-state index contributed by atoms with van der Waals surface area (Å²) in [5.41, 5.74) is 0.523. The minimum Gasteiger partial charge on any atom is -0.504 e. The SMILES string of the molecule is COc1ccc(Nc2ccc(S(=O)(=O)NC(=O)c3ccccc3Oc3ccc4[nH]ccc4c3)cc2[N+](=O)[O-])cc1O. The fourth-order valence-corrected chi connectivity index (χ4v) is 5.05. The van der Waals surface area contributed by atoms with E-state index in [0.29, 0.717) is 11.4 Å². The van der Waals surface area contributed by atoms with E-state index in [-0.39, 0.29) is 28.5 Å². The molecule has 12 nitrogen and oxygen atoms in total. The summed E-state index contributed by atoms with van der Waals surface area (Å²) in [7, 11) is -3.15. The summed E-state index contributed by atoms with van der Waals surface area (Å²) >= 11 is 0. The Bertz CT molecular complexity index is 1900. The van der Waals surface area contributed by atoms with Crippen molar-refractivity contribution in [2.75, 3.05) is 12.4 Å². The summed E-state index contributed by atoms with van der Waals surface area (Å²) in [5.74, 6) is -0.429. The molecule has 1 aromatic heterocycles. The van der Waals surface area contributed by atoms with Crippen molar-refractivity contribution in [2.24, 2.45) is 0 Å². The van der Waals surface area contributed by atoms with Crippen LogP contribution in [0.5, 0.6) is 23.0 Å². The lowest BCUT2D eigenvalue weighted by molar-refractivity contribution is -0.384. The number of nitrogens with one attached hydrogen (secondary N) is 3. The number of methoxy groups -OCH3 is 1. The molecule has 0 aliphatic carbocycles. The van der Waals surface area contributed by atoms with Crippen LogP contribution in [0, 0.1) is 10.1 Å². The fraction of sp³-hybridized carbons (Fsp3) is 0.0357. The molecule has 0 fully saturated rings. The van der Waals surface area contributed by atoms with Gasteiger partial charge in [0.05, 0.1) is 22.5 Å². The number of hydrogen-bond acceptors (Lipinski definition) is 9. The number of ether oxygens (including phenoxy) is 2. The summed E-state index contributed by atoms with van der Waals surface area (Å²) in [5, 5.41) is 25.4. The zero-order chi connectivity index (χ0) is 29.1. The van der Waals surface area contributed by atoms with E-state index in [2.05, 4.69) is 10.3 Å². The summed E-state index contributed by atoms with van der Waals surface area (Å²) < 4.78 is 39.0. The lowest BCUT2D eigenvalue weighted by Gasteiger charge is -2.13. The minimum atomic E-state index is -4.53. The average Bonchev–Trinajstić information content (AvgIpc) is 3.41. The van der Waals surface area contributed by atoms with Crippen molar-refractivity contribution in [2.45, 2.75) is 4.90 Å². The summed E-state index contributed by atoms with van der Waals surface area (Å²) in [6, 6.07) is 20.6. The number of anilines is 2. The van der Waals surface area contributed by atoms with Crippen LogP contribution in [0.1, 0.15) is 10.4 Å². The number of nitro benzene ring substituents is 1. The largest absolute Gasteiger partial charge is 0.504 e. The van der Waals surface area contributed by atoms with Crippen LogP contribution in [-0.2, 0) is 10.0 Å². The predicted molar refractivity (Wildman–Crippen MR) is 151 cm³/mol. The van der Waals surface area contributed by atoms with E-state index >= 15 is 0 Å². The van der Waals surface area contributed by atoms with Crippen molar-refractivity contribution in [3.8, 4) is 23.0 Å². The average molecular weight is 575 g/mol. The van der Waals surface area contributed by atoms with E-state index in [1.807, 2.05) is 10.8 Å². The topological polar surface area (TPSA) is 173 Å². The fourth-order valence-electron chi connectivity index (χ4n) is 4.06. The molecule has 1 amide bonds. The molecule has 0 radical (unpaired) electrons. The maximum Gasteiger partial charge on any atom is 0.294 e. The number of phenolic OH excluding ortho intramolecular Hbond substituents is 1. The molecule has 0 aliphatic heterocycles. The molecule has 208 valence electrons. The van der Waals surface area contributed by atoms with Crippen LogP contribution in [-0.4, -0.2) is 36.4 Å². The Kier molecular flexibility index (Phi) is 7.18. The first-order chi connectivity index (χ1) is 19.6. The van der Waals surface area contributed by atoms with E-state index in [1.165, 1.54) is 43.5 Å². The first kappa shape index (κ1) is 27.0. The number of phenols is 1. The smallest absolute Gasteiger partial charge is 0.294 e. The van der Waals surface area contributed by atoms with Gasteiger partial charge in [-0.3, -0.25) is 14.9 Å². The van der Waals surface area contributed by atoms with Gasteiger partial charge < -0.3 is 24.9 Å². The molecule has 0 saturated carbocycles. The Morgan fingerprint density at radius 1 is 0.976 bits per heavy atom. The third-order valence-corrected chi connectivity index (χ3v) is 7.37. The van der Waals surface area contributed by atoms with Crippen molar-refractivity contribution in [3.05, 3.63) is 107 Å². The molecule has 1 heterocycles. The lowest BCUT2D eigenvalue weighted by atomic mass is 10.2. The third kappa shape index (κ3) is 5.74. The molecule has 4 N–H and O–H groups in total. The second-order valence-electron chi connectivity index (χ2n) is 8.71. The maximum atomic E-state index is 13.1. The molecule has 0 aliphatic rings. The highest BCUT2D eigenvalue weighted by Crippen LogP contribution is 2.34. The number of amides is 1. The second kappa shape index (κ2) is 10.9. The van der Waals surface area contributed by atoms with Gasteiger partial charge in [-0.2, -0.15) is 0 Å². The van der Waals surface area contributed by atoms with E-state index in [0.717, 1.165) is 23.0 Å². The van der Waals surface area contributed by atoms with Crippen LogP contribution in [0.2, 0.25) is 0 Å². The number of carbonyl (C=O) groups is 1. The van der Waals surface area contributed by atoms with Gasteiger partial charge in [0.25, 0.3) is 21.6 Å². The normalized spacial score (nSPS) is 11.1. The summed E-state index contributed by atoms with van der Waals surface area (Å²) in [4.78, 5) is 26.6. The first-order valence-electron chi connectivity index (χ1n) is 12.0. The van der Waals surface area contributed by atoms with Gasteiger partial charge in [0.15, 0.2) is 11.5 Å².